The molecule has 0 bridgehead atoms. The van der Waals surface area contributed by atoms with Gasteiger partial charge >= 0.3 is 0 Å². The molecule has 8 nitrogen and oxygen atoms in total. The Morgan fingerprint density at radius 1 is 1.31 bits per heavy atom. The highest BCUT2D eigenvalue weighted by Crippen LogP contribution is 2.38. The standard InChI is InChI=1S/C20H20ClN3O5/c1-4-23-15-8-6-13(10-17(15)29-11-20(2,3)19(23)26)22-18(25)12-5-7-14(21)16(9-12)24(27)28/h5-10H,4,11H2,1-3H3,(H,22,25). The molecule has 2 aromatic carbocycles. The summed E-state index contributed by atoms with van der Waals surface area (Å²) in [6, 6.07) is 8.83. The lowest BCUT2D eigenvalue weighted by atomic mass is 9.93. The van der Waals surface area contributed by atoms with E-state index in [-0.39, 0.29) is 28.8 Å². The molecule has 0 saturated heterocycles. The zero-order valence-corrected chi connectivity index (χ0v) is 16.9. The minimum Gasteiger partial charge on any atom is -0.490 e. The van der Waals surface area contributed by atoms with Gasteiger partial charge in [-0.2, -0.15) is 0 Å². The van der Waals surface area contributed by atoms with E-state index < -0.39 is 16.2 Å². The van der Waals surface area contributed by atoms with Crippen LogP contribution in [0.15, 0.2) is 36.4 Å². The zero-order chi connectivity index (χ0) is 21.3. The molecule has 0 saturated carbocycles. The number of nitro benzene ring substituents is 1. The number of amides is 2. The first kappa shape index (κ1) is 20.6. The summed E-state index contributed by atoms with van der Waals surface area (Å²) in [5.74, 6) is -0.0863. The number of ether oxygens (including phenoxy) is 1. The predicted molar refractivity (Wildman–Crippen MR) is 110 cm³/mol. The monoisotopic (exact) mass is 417 g/mol. The van der Waals surface area contributed by atoms with Crippen LogP contribution in [0.1, 0.15) is 31.1 Å². The molecule has 1 aliphatic rings. The lowest BCUT2D eigenvalue weighted by Gasteiger charge is -2.26. The highest BCUT2D eigenvalue weighted by molar-refractivity contribution is 6.32. The van der Waals surface area contributed by atoms with Gasteiger partial charge in [-0.1, -0.05) is 11.6 Å². The maximum Gasteiger partial charge on any atom is 0.288 e. The summed E-state index contributed by atoms with van der Waals surface area (Å²) >= 11 is 5.79. The largest absolute Gasteiger partial charge is 0.490 e. The van der Waals surface area contributed by atoms with Crippen LogP contribution in [0, 0.1) is 15.5 Å². The molecule has 0 fully saturated rings. The summed E-state index contributed by atoms with van der Waals surface area (Å²) in [6.45, 7) is 6.21. The minimum atomic E-state index is -0.680. The number of hydrogen-bond donors (Lipinski definition) is 1. The number of halogens is 1. The van der Waals surface area contributed by atoms with E-state index in [2.05, 4.69) is 5.32 Å². The Kier molecular flexibility index (Phi) is 5.48. The molecular weight excluding hydrogens is 398 g/mol. The van der Waals surface area contributed by atoms with Crippen LogP contribution < -0.4 is 15.0 Å². The Morgan fingerprint density at radius 2 is 2.03 bits per heavy atom. The van der Waals surface area contributed by atoms with Gasteiger partial charge in [0.2, 0.25) is 5.91 Å². The van der Waals surface area contributed by atoms with Crippen molar-refractivity contribution >= 4 is 40.5 Å². The zero-order valence-electron chi connectivity index (χ0n) is 16.2. The molecule has 152 valence electrons. The van der Waals surface area contributed by atoms with Gasteiger partial charge in [0, 0.05) is 29.9 Å². The third-order valence-electron chi connectivity index (χ3n) is 4.64. The van der Waals surface area contributed by atoms with Gasteiger partial charge in [-0.25, -0.2) is 0 Å². The molecule has 9 heteroatoms. The first-order valence-electron chi connectivity index (χ1n) is 8.98. The molecule has 2 amide bonds. The van der Waals surface area contributed by atoms with E-state index >= 15 is 0 Å². The molecule has 0 atom stereocenters. The Hall–Kier alpha value is -3.13. The molecule has 1 aliphatic heterocycles. The minimum absolute atomic E-state index is 0.0380. The number of carbonyl (C=O) groups is 2. The van der Waals surface area contributed by atoms with Crippen LogP contribution in [-0.4, -0.2) is 29.9 Å². The highest BCUT2D eigenvalue weighted by atomic mass is 35.5. The number of fused-ring (bicyclic) bond motifs is 1. The number of benzene rings is 2. The lowest BCUT2D eigenvalue weighted by Crippen LogP contribution is -2.42. The van der Waals surface area contributed by atoms with Crippen LogP contribution in [0.3, 0.4) is 0 Å². The number of hydrogen-bond acceptors (Lipinski definition) is 5. The average Bonchev–Trinajstić information content (AvgIpc) is 2.76. The van der Waals surface area contributed by atoms with Gasteiger partial charge < -0.3 is 15.0 Å². The molecular formula is C20H20ClN3O5. The lowest BCUT2D eigenvalue weighted by molar-refractivity contribution is -0.384. The first-order chi connectivity index (χ1) is 13.6. The van der Waals surface area contributed by atoms with Gasteiger partial charge in [-0.05, 0) is 45.0 Å². The van der Waals surface area contributed by atoms with Crippen molar-refractivity contribution in [1.29, 1.82) is 0 Å². The van der Waals surface area contributed by atoms with E-state index in [1.165, 1.54) is 12.1 Å². The van der Waals surface area contributed by atoms with Gasteiger partial charge in [0.1, 0.15) is 17.4 Å². The maximum absolute atomic E-state index is 12.7. The van der Waals surface area contributed by atoms with E-state index in [9.17, 15) is 19.7 Å². The van der Waals surface area contributed by atoms with Gasteiger partial charge in [0.15, 0.2) is 0 Å². The fraction of sp³-hybridized carbons (Fsp3) is 0.300. The van der Waals surface area contributed by atoms with Crippen molar-refractivity contribution < 1.29 is 19.2 Å². The van der Waals surface area contributed by atoms with Gasteiger partial charge in [0.05, 0.1) is 16.0 Å². The predicted octanol–water partition coefficient (Wildman–Crippen LogP) is 4.27. The van der Waals surface area contributed by atoms with Crippen molar-refractivity contribution in [3.8, 4) is 5.75 Å². The maximum atomic E-state index is 12.7. The van der Waals surface area contributed by atoms with Gasteiger partial charge in [-0.15, -0.1) is 0 Å². The summed E-state index contributed by atoms with van der Waals surface area (Å²) in [7, 11) is 0. The number of nitrogens with one attached hydrogen (secondary N) is 1. The molecule has 0 aromatic heterocycles. The van der Waals surface area contributed by atoms with E-state index in [0.29, 0.717) is 23.7 Å². The normalized spacial score (nSPS) is 15.2. The second-order valence-corrected chi connectivity index (χ2v) is 7.69. The number of anilines is 2. The molecule has 0 spiro atoms. The molecule has 1 N–H and O–H groups in total. The van der Waals surface area contributed by atoms with Crippen molar-refractivity contribution in [3.63, 3.8) is 0 Å². The Morgan fingerprint density at radius 3 is 2.69 bits per heavy atom. The number of carbonyl (C=O) groups excluding carboxylic acids is 2. The third kappa shape index (κ3) is 4.02. The van der Waals surface area contributed by atoms with Gasteiger partial charge in [0.25, 0.3) is 11.6 Å². The van der Waals surface area contributed by atoms with Crippen LogP contribution in [0.5, 0.6) is 5.75 Å². The fourth-order valence-electron chi connectivity index (χ4n) is 3.04. The SMILES string of the molecule is CCN1C(=O)C(C)(C)COc2cc(NC(=O)c3ccc(Cl)c([N+](=O)[O-])c3)ccc21. The Labute approximate surface area is 172 Å². The van der Waals surface area contributed by atoms with Crippen LogP contribution in [0.4, 0.5) is 17.1 Å². The van der Waals surface area contributed by atoms with Crippen LogP contribution in [0.2, 0.25) is 5.02 Å². The van der Waals surface area contributed by atoms with Crippen LogP contribution >= 0.6 is 11.6 Å². The third-order valence-corrected chi connectivity index (χ3v) is 4.96. The van der Waals surface area contributed by atoms with Crippen molar-refractivity contribution in [2.75, 3.05) is 23.4 Å². The quantitative estimate of drug-likeness (QED) is 0.591. The number of rotatable bonds is 4. The summed E-state index contributed by atoms with van der Waals surface area (Å²) < 4.78 is 5.84. The van der Waals surface area contributed by atoms with Crippen molar-refractivity contribution in [2.45, 2.75) is 20.8 Å². The second-order valence-electron chi connectivity index (χ2n) is 7.28. The summed E-state index contributed by atoms with van der Waals surface area (Å²) in [4.78, 5) is 37.3. The smallest absolute Gasteiger partial charge is 0.288 e. The average molecular weight is 418 g/mol. The van der Waals surface area contributed by atoms with Crippen LogP contribution in [0.25, 0.3) is 0 Å². The van der Waals surface area contributed by atoms with Crippen molar-refractivity contribution in [1.82, 2.24) is 0 Å². The topological polar surface area (TPSA) is 102 Å². The molecule has 29 heavy (non-hydrogen) atoms. The van der Waals surface area contributed by atoms with E-state index in [0.717, 1.165) is 6.07 Å². The molecule has 0 radical (unpaired) electrons. The first-order valence-corrected chi connectivity index (χ1v) is 9.36. The van der Waals surface area contributed by atoms with Gasteiger partial charge in [-0.3, -0.25) is 19.7 Å². The Balaban J connectivity index is 1.88. The highest BCUT2D eigenvalue weighted by Gasteiger charge is 2.37. The molecule has 1 heterocycles. The van der Waals surface area contributed by atoms with E-state index in [1.807, 2.05) is 20.8 Å². The molecule has 0 unspecified atom stereocenters. The molecule has 0 aliphatic carbocycles. The number of nitro groups is 1. The van der Waals surface area contributed by atoms with Crippen LogP contribution in [-0.2, 0) is 4.79 Å². The molecule has 2 aromatic rings. The van der Waals surface area contributed by atoms with E-state index in [4.69, 9.17) is 16.3 Å². The second kappa shape index (κ2) is 7.71. The van der Waals surface area contributed by atoms with Crippen molar-refractivity contribution in [3.05, 3.63) is 57.1 Å². The summed E-state index contributed by atoms with van der Waals surface area (Å²) in [5.41, 5.74) is 0.144. The summed E-state index contributed by atoms with van der Waals surface area (Å²) in [6.07, 6.45) is 0. The van der Waals surface area contributed by atoms with E-state index in [1.54, 1.807) is 23.1 Å². The number of nitrogens with zero attached hydrogens (tertiary/aromatic N) is 2. The Bertz CT molecular complexity index is 1010. The van der Waals surface area contributed by atoms with Crippen molar-refractivity contribution in [2.24, 2.45) is 5.41 Å². The fourth-order valence-corrected chi connectivity index (χ4v) is 3.22. The summed E-state index contributed by atoms with van der Waals surface area (Å²) in [5, 5.41) is 13.7. The molecule has 3 rings (SSSR count).